The number of aromatic nitrogens is 2. The van der Waals surface area contributed by atoms with Gasteiger partial charge in [-0.3, -0.25) is 0 Å². The Morgan fingerprint density at radius 1 is 0.966 bits per heavy atom. The van der Waals surface area contributed by atoms with Gasteiger partial charge < -0.3 is 10.6 Å². The number of hydrogen-bond donors (Lipinski definition) is 2. The molecular weight excluding hydrogens is 384 g/mol. The number of nitrogens with one attached hydrogen (secondary N) is 2. The number of hydrogen-bond acceptors (Lipinski definition) is 4. The van der Waals surface area contributed by atoms with Gasteiger partial charge in [-0.1, -0.05) is 31.5 Å². The third-order valence-corrected chi connectivity index (χ3v) is 4.11. The number of rotatable bonds is 7. The Labute approximate surface area is 166 Å². The van der Waals surface area contributed by atoms with Crippen molar-refractivity contribution in [3.8, 4) is 0 Å². The number of alkyl halides is 3. The molecule has 152 valence electrons. The molecule has 0 saturated carbocycles. The molecule has 0 atom stereocenters. The van der Waals surface area contributed by atoms with E-state index in [1.54, 1.807) is 24.3 Å². The summed E-state index contributed by atoms with van der Waals surface area (Å²) in [6.07, 6.45) is -2.86. The Balaban J connectivity index is 1.80. The third-order valence-electron chi connectivity index (χ3n) is 4.11. The molecule has 2 N–H and O–H groups in total. The zero-order valence-electron chi connectivity index (χ0n) is 15.7. The van der Waals surface area contributed by atoms with E-state index >= 15 is 0 Å². The van der Waals surface area contributed by atoms with Crippen LogP contribution in [-0.4, -0.2) is 9.97 Å². The molecule has 2 aromatic carbocycles. The average Bonchev–Trinajstić information content (AvgIpc) is 2.67. The molecule has 4 nitrogen and oxygen atoms in total. The molecule has 8 heteroatoms. The van der Waals surface area contributed by atoms with Gasteiger partial charge in [0.1, 0.15) is 11.6 Å². The molecule has 1 heterocycles. The van der Waals surface area contributed by atoms with Crippen molar-refractivity contribution in [2.75, 3.05) is 10.6 Å². The average molecular weight is 404 g/mol. The normalized spacial score (nSPS) is 11.3. The third kappa shape index (κ3) is 5.91. The van der Waals surface area contributed by atoms with Crippen LogP contribution >= 0.6 is 0 Å². The topological polar surface area (TPSA) is 49.8 Å². The molecule has 0 fully saturated rings. The quantitative estimate of drug-likeness (QED) is 0.478. The first-order valence-electron chi connectivity index (χ1n) is 9.14. The molecule has 29 heavy (non-hydrogen) atoms. The van der Waals surface area contributed by atoms with E-state index in [2.05, 4.69) is 20.6 Å². The highest BCUT2D eigenvalue weighted by molar-refractivity contribution is 5.58. The first-order valence-corrected chi connectivity index (χ1v) is 9.14. The zero-order chi connectivity index (χ0) is 20.9. The van der Waals surface area contributed by atoms with Gasteiger partial charge in [-0.2, -0.15) is 18.2 Å². The van der Waals surface area contributed by atoms with Crippen LogP contribution < -0.4 is 10.6 Å². The van der Waals surface area contributed by atoms with Crippen LogP contribution in [-0.2, 0) is 19.1 Å². The monoisotopic (exact) mass is 404 g/mol. The first-order chi connectivity index (χ1) is 13.8. The molecule has 3 rings (SSSR count). The van der Waals surface area contributed by atoms with Gasteiger partial charge >= 0.3 is 6.18 Å². The Kier molecular flexibility index (Phi) is 6.31. The van der Waals surface area contributed by atoms with E-state index in [1.165, 1.54) is 18.2 Å². The molecule has 0 spiro atoms. The summed E-state index contributed by atoms with van der Waals surface area (Å²) >= 11 is 0. The maximum absolute atomic E-state index is 13.0. The van der Waals surface area contributed by atoms with Gasteiger partial charge in [-0.05, 0) is 42.3 Å². The Morgan fingerprint density at radius 2 is 1.72 bits per heavy atom. The van der Waals surface area contributed by atoms with Gasteiger partial charge in [0.2, 0.25) is 5.95 Å². The highest BCUT2D eigenvalue weighted by Crippen LogP contribution is 2.31. The summed E-state index contributed by atoms with van der Waals surface area (Å²) in [5, 5.41) is 6.00. The predicted octanol–water partition coefficient (Wildman–Crippen LogP) is 5.94. The standard InChI is InChI=1S/C21H20F4N4/c1-2-4-17-12-19(27-18-6-3-5-15(11-18)21(23,24)25)29-20(28-17)26-13-14-7-9-16(22)10-8-14/h3,5-12H,2,4,13H2,1H3,(H2,26,27,28,29). The molecule has 3 aromatic rings. The van der Waals surface area contributed by atoms with E-state index < -0.39 is 11.7 Å². The molecule has 0 bridgehead atoms. The maximum Gasteiger partial charge on any atom is 0.416 e. The summed E-state index contributed by atoms with van der Waals surface area (Å²) in [4.78, 5) is 8.78. The molecular formula is C21H20F4N4. The summed E-state index contributed by atoms with van der Waals surface area (Å²) in [5.74, 6) is 0.418. The second kappa shape index (κ2) is 8.89. The minimum absolute atomic E-state index is 0.283. The van der Waals surface area contributed by atoms with Crippen LogP contribution in [0.3, 0.4) is 0 Å². The van der Waals surface area contributed by atoms with E-state index in [-0.39, 0.29) is 11.5 Å². The lowest BCUT2D eigenvalue weighted by atomic mass is 10.2. The van der Waals surface area contributed by atoms with Gasteiger partial charge in [0, 0.05) is 24.0 Å². The largest absolute Gasteiger partial charge is 0.416 e. The number of nitrogens with zero attached hydrogens (tertiary/aromatic N) is 2. The van der Waals surface area contributed by atoms with Crippen LogP contribution in [0.2, 0.25) is 0 Å². The van der Waals surface area contributed by atoms with E-state index in [1.807, 2.05) is 6.92 Å². The molecule has 0 aliphatic carbocycles. The second-order valence-corrected chi connectivity index (χ2v) is 6.50. The minimum Gasteiger partial charge on any atom is -0.350 e. The van der Waals surface area contributed by atoms with E-state index in [9.17, 15) is 17.6 Å². The van der Waals surface area contributed by atoms with Gasteiger partial charge in [-0.15, -0.1) is 0 Å². The van der Waals surface area contributed by atoms with Crippen molar-refractivity contribution in [3.63, 3.8) is 0 Å². The van der Waals surface area contributed by atoms with Crippen LogP contribution in [0.5, 0.6) is 0 Å². The smallest absolute Gasteiger partial charge is 0.350 e. The minimum atomic E-state index is -4.42. The molecule has 0 saturated heterocycles. The maximum atomic E-state index is 13.0. The fourth-order valence-electron chi connectivity index (χ4n) is 2.73. The Bertz CT molecular complexity index is 956. The van der Waals surface area contributed by atoms with Gasteiger partial charge in [0.15, 0.2) is 0 Å². The molecule has 0 aliphatic rings. The highest BCUT2D eigenvalue weighted by atomic mass is 19.4. The van der Waals surface area contributed by atoms with Gasteiger partial charge in [0.05, 0.1) is 5.56 Å². The Hall–Kier alpha value is -3.16. The molecule has 0 aliphatic heterocycles. The number of anilines is 3. The van der Waals surface area contributed by atoms with Crippen LogP contribution in [0, 0.1) is 5.82 Å². The molecule has 0 radical (unpaired) electrons. The lowest BCUT2D eigenvalue weighted by Crippen LogP contribution is -2.08. The highest BCUT2D eigenvalue weighted by Gasteiger charge is 2.30. The van der Waals surface area contributed by atoms with Crippen LogP contribution in [0.15, 0.2) is 54.6 Å². The van der Waals surface area contributed by atoms with E-state index in [4.69, 9.17) is 0 Å². The van der Waals surface area contributed by atoms with Gasteiger partial charge in [-0.25, -0.2) is 9.37 Å². The summed E-state index contributed by atoms with van der Waals surface area (Å²) in [6, 6.07) is 12.7. The van der Waals surface area contributed by atoms with Crippen LogP contribution in [0.1, 0.15) is 30.2 Å². The van der Waals surface area contributed by atoms with Crippen molar-refractivity contribution in [3.05, 3.63) is 77.2 Å². The lowest BCUT2D eigenvalue weighted by Gasteiger charge is -2.13. The number of aryl methyl sites for hydroxylation is 1. The summed E-state index contributed by atoms with van der Waals surface area (Å²) in [7, 11) is 0. The zero-order valence-corrected chi connectivity index (χ0v) is 15.7. The van der Waals surface area contributed by atoms with Crippen molar-refractivity contribution in [1.29, 1.82) is 0 Å². The van der Waals surface area contributed by atoms with Crippen LogP contribution in [0.25, 0.3) is 0 Å². The lowest BCUT2D eigenvalue weighted by molar-refractivity contribution is -0.137. The summed E-state index contributed by atoms with van der Waals surface area (Å²) in [6.45, 7) is 2.40. The molecule has 0 amide bonds. The Morgan fingerprint density at radius 3 is 2.41 bits per heavy atom. The second-order valence-electron chi connectivity index (χ2n) is 6.50. The van der Waals surface area contributed by atoms with Crippen LogP contribution in [0.4, 0.5) is 35.0 Å². The van der Waals surface area contributed by atoms with E-state index in [0.29, 0.717) is 24.7 Å². The summed E-state index contributed by atoms with van der Waals surface area (Å²) in [5.41, 5.74) is 1.16. The van der Waals surface area contributed by atoms with Crippen molar-refractivity contribution >= 4 is 17.5 Å². The SMILES string of the molecule is CCCc1cc(Nc2cccc(C(F)(F)F)c2)nc(NCc2ccc(F)cc2)n1. The number of halogens is 4. The number of benzene rings is 2. The molecule has 0 unspecified atom stereocenters. The van der Waals surface area contributed by atoms with Crippen molar-refractivity contribution in [2.24, 2.45) is 0 Å². The van der Waals surface area contributed by atoms with E-state index in [0.717, 1.165) is 29.8 Å². The van der Waals surface area contributed by atoms with Crippen molar-refractivity contribution in [1.82, 2.24) is 9.97 Å². The predicted molar refractivity (Wildman–Crippen MR) is 104 cm³/mol. The summed E-state index contributed by atoms with van der Waals surface area (Å²) < 4.78 is 51.8. The first kappa shape index (κ1) is 20.6. The fraction of sp³-hybridized carbons (Fsp3) is 0.238. The molecule has 1 aromatic heterocycles. The van der Waals surface area contributed by atoms with Gasteiger partial charge in [0.25, 0.3) is 0 Å². The fourth-order valence-corrected chi connectivity index (χ4v) is 2.73. The van der Waals surface area contributed by atoms with Crippen molar-refractivity contribution < 1.29 is 17.6 Å². The van der Waals surface area contributed by atoms with Crippen molar-refractivity contribution in [2.45, 2.75) is 32.5 Å².